The van der Waals surface area contributed by atoms with Gasteiger partial charge in [-0.25, -0.2) is 0 Å². The van der Waals surface area contributed by atoms with Gasteiger partial charge in [-0.2, -0.15) is 0 Å². The van der Waals surface area contributed by atoms with E-state index in [1.807, 2.05) is 0 Å². The molecule has 1 aromatic rings. The lowest BCUT2D eigenvalue weighted by Gasteiger charge is -1.94. The highest BCUT2D eigenvalue weighted by Crippen LogP contribution is 2.05. The molecule has 0 spiro atoms. The molecule has 0 radical (unpaired) electrons. The summed E-state index contributed by atoms with van der Waals surface area (Å²) in [5, 5.41) is 0. The van der Waals surface area contributed by atoms with Gasteiger partial charge in [-0.05, 0) is 24.3 Å². The molecular weight excluding hydrogens is 246 g/mol. The molecule has 1 nitrogen and oxygen atoms in total. The van der Waals surface area contributed by atoms with Gasteiger partial charge in [0.2, 0.25) is 3.57 Å². The minimum absolute atomic E-state index is 0.779. The van der Waals surface area contributed by atoms with Gasteiger partial charge in [0.1, 0.15) is 5.75 Å². The van der Waals surface area contributed by atoms with Gasteiger partial charge in [-0.1, -0.05) is 0 Å². The first kappa shape index (κ1) is 7.78. The van der Waals surface area contributed by atoms with Crippen molar-refractivity contribution in [1.82, 2.24) is 0 Å². The molecule has 1 rings (SSSR count). The zero-order valence-electron chi connectivity index (χ0n) is 5.47. The van der Waals surface area contributed by atoms with Crippen LogP contribution in [0.4, 0.5) is 2.86 Å². The van der Waals surface area contributed by atoms with Crippen LogP contribution in [0.3, 0.4) is 0 Å². The molecular formula is C7H7FIO+. The molecule has 0 saturated heterocycles. The van der Waals surface area contributed by atoms with E-state index in [0.717, 1.165) is 9.32 Å². The van der Waals surface area contributed by atoms with E-state index in [1.165, 1.54) is 0 Å². The molecule has 54 valence electrons. The highest BCUT2D eigenvalue weighted by atomic mass is 127. The van der Waals surface area contributed by atoms with Crippen LogP contribution in [0.5, 0.6) is 5.75 Å². The van der Waals surface area contributed by atoms with Crippen LogP contribution >= 0.6 is 0 Å². The summed E-state index contributed by atoms with van der Waals surface area (Å²) in [5.41, 5.74) is 0. The second-order valence-electron chi connectivity index (χ2n) is 1.73. The Balaban J connectivity index is 2.80. The minimum Gasteiger partial charge on any atom is -0.497 e. The molecule has 1 aromatic carbocycles. The summed E-state index contributed by atoms with van der Waals surface area (Å²) in [4.78, 5) is 0. The SMILES string of the molecule is COc1ccc([I+]F)cc1. The highest BCUT2D eigenvalue weighted by Gasteiger charge is 2.09. The fourth-order valence-corrected chi connectivity index (χ4v) is 1.25. The van der Waals surface area contributed by atoms with Crippen LogP contribution < -0.4 is 26.5 Å². The highest BCUT2D eigenvalue weighted by molar-refractivity contribution is 5.20. The summed E-state index contributed by atoms with van der Waals surface area (Å²) >= 11 is -1.26. The average molecular weight is 253 g/mol. The van der Waals surface area contributed by atoms with Crippen LogP contribution in [0.2, 0.25) is 0 Å². The van der Waals surface area contributed by atoms with E-state index in [0.29, 0.717) is 0 Å². The van der Waals surface area contributed by atoms with Gasteiger partial charge in [0.05, 0.1) is 9.97 Å². The predicted molar refractivity (Wildman–Crippen MR) is 32.8 cm³/mol. The molecule has 0 aliphatic heterocycles. The minimum atomic E-state index is -1.26. The van der Waals surface area contributed by atoms with E-state index in [1.54, 1.807) is 31.4 Å². The van der Waals surface area contributed by atoms with Crippen molar-refractivity contribution in [3.63, 3.8) is 0 Å². The van der Waals surface area contributed by atoms with E-state index < -0.39 is 21.8 Å². The quantitative estimate of drug-likeness (QED) is 0.604. The molecule has 0 atom stereocenters. The van der Waals surface area contributed by atoms with Gasteiger partial charge in [0.25, 0.3) is 0 Å². The van der Waals surface area contributed by atoms with E-state index in [2.05, 4.69) is 0 Å². The van der Waals surface area contributed by atoms with Crippen LogP contribution in [-0.4, -0.2) is 7.11 Å². The zero-order chi connectivity index (χ0) is 7.40. The Bertz CT molecular complexity index is 174. The molecule has 0 bridgehead atoms. The van der Waals surface area contributed by atoms with Crippen LogP contribution in [0.1, 0.15) is 0 Å². The first-order valence-corrected chi connectivity index (χ1v) is 4.66. The molecule has 0 N–H and O–H groups in total. The monoisotopic (exact) mass is 253 g/mol. The van der Waals surface area contributed by atoms with Gasteiger partial charge >= 0.3 is 21.8 Å². The number of methoxy groups -OCH3 is 1. The Morgan fingerprint density at radius 1 is 1.30 bits per heavy atom. The summed E-state index contributed by atoms with van der Waals surface area (Å²) in [6.45, 7) is 0. The van der Waals surface area contributed by atoms with Gasteiger partial charge in [0, 0.05) is 0 Å². The Labute approximate surface area is 70.2 Å². The van der Waals surface area contributed by atoms with Gasteiger partial charge in [-0.15, -0.1) is 0 Å². The van der Waals surface area contributed by atoms with Crippen LogP contribution in [0.15, 0.2) is 24.3 Å². The summed E-state index contributed by atoms with van der Waals surface area (Å²) < 4.78 is 17.7. The maximum atomic E-state index is 12.0. The van der Waals surface area contributed by atoms with Crippen LogP contribution in [0.25, 0.3) is 0 Å². The Morgan fingerprint density at radius 3 is 2.30 bits per heavy atom. The number of ether oxygens (including phenoxy) is 1. The van der Waals surface area contributed by atoms with Crippen molar-refractivity contribution in [1.29, 1.82) is 0 Å². The number of benzene rings is 1. The van der Waals surface area contributed by atoms with E-state index in [4.69, 9.17) is 4.74 Å². The van der Waals surface area contributed by atoms with Crippen molar-refractivity contribution in [2.24, 2.45) is 0 Å². The number of halogens is 2. The van der Waals surface area contributed by atoms with Gasteiger partial charge in [0.15, 0.2) is 0 Å². The van der Waals surface area contributed by atoms with Gasteiger partial charge < -0.3 is 4.74 Å². The summed E-state index contributed by atoms with van der Waals surface area (Å²) in [6, 6.07) is 7.06. The fourth-order valence-electron chi connectivity index (χ4n) is 0.618. The standard InChI is InChI=1S/C7H7FIO/c1-10-7-4-2-6(9-8)3-5-7/h2-5H,1H3/q+1. The van der Waals surface area contributed by atoms with E-state index in [-0.39, 0.29) is 0 Å². The second-order valence-corrected chi connectivity index (χ2v) is 3.38. The molecule has 0 aliphatic carbocycles. The van der Waals surface area contributed by atoms with Crippen molar-refractivity contribution in [2.45, 2.75) is 0 Å². The lowest BCUT2D eigenvalue weighted by molar-refractivity contribution is -0.803. The Hall–Kier alpha value is -0.320. The largest absolute Gasteiger partial charge is 0.575 e. The summed E-state index contributed by atoms with van der Waals surface area (Å²) in [5.74, 6) is 0.779. The van der Waals surface area contributed by atoms with Crippen molar-refractivity contribution < 1.29 is 29.4 Å². The number of hydrogen-bond donors (Lipinski definition) is 0. The van der Waals surface area contributed by atoms with Crippen molar-refractivity contribution in [3.05, 3.63) is 27.8 Å². The van der Waals surface area contributed by atoms with Crippen LogP contribution in [0, 0.1) is 3.57 Å². The molecule has 3 heteroatoms. The number of rotatable bonds is 2. The second kappa shape index (κ2) is 3.75. The summed E-state index contributed by atoms with van der Waals surface area (Å²) in [6.07, 6.45) is 0. The molecule has 0 aromatic heterocycles. The Morgan fingerprint density at radius 2 is 1.90 bits per heavy atom. The first-order chi connectivity index (χ1) is 4.86. The summed E-state index contributed by atoms with van der Waals surface area (Å²) in [7, 11) is 1.60. The molecule has 0 aliphatic rings. The van der Waals surface area contributed by atoms with Crippen LogP contribution in [-0.2, 0) is 0 Å². The average Bonchev–Trinajstić information content (AvgIpc) is 2.05. The third-order valence-corrected chi connectivity index (χ3v) is 2.32. The molecule has 10 heavy (non-hydrogen) atoms. The molecule has 0 saturated carbocycles. The van der Waals surface area contributed by atoms with E-state index in [9.17, 15) is 2.86 Å². The molecule has 0 fully saturated rings. The maximum absolute atomic E-state index is 12.0. The third-order valence-electron chi connectivity index (χ3n) is 1.13. The predicted octanol–water partition coefficient (Wildman–Crippen LogP) is -1.16. The van der Waals surface area contributed by atoms with E-state index >= 15 is 0 Å². The zero-order valence-corrected chi connectivity index (χ0v) is 7.63. The topological polar surface area (TPSA) is 9.23 Å². The Kier molecular flexibility index (Phi) is 2.92. The van der Waals surface area contributed by atoms with Crippen molar-refractivity contribution >= 4 is 0 Å². The molecule has 0 amide bonds. The first-order valence-electron chi connectivity index (χ1n) is 2.77. The number of hydrogen-bond acceptors (Lipinski definition) is 1. The fraction of sp³-hybridized carbons (Fsp3) is 0.143. The maximum Gasteiger partial charge on any atom is 0.575 e. The molecule has 0 unspecified atom stereocenters. The van der Waals surface area contributed by atoms with Gasteiger partial charge in [-0.3, -0.25) is 0 Å². The lowest BCUT2D eigenvalue weighted by Crippen LogP contribution is -3.56. The molecule has 0 heterocycles. The lowest BCUT2D eigenvalue weighted by atomic mass is 10.3. The normalized spacial score (nSPS) is 9.40. The third kappa shape index (κ3) is 1.83. The van der Waals surface area contributed by atoms with Crippen molar-refractivity contribution in [2.75, 3.05) is 7.11 Å². The smallest absolute Gasteiger partial charge is 0.497 e. The van der Waals surface area contributed by atoms with Crippen molar-refractivity contribution in [3.8, 4) is 5.75 Å².